The fourth-order valence-corrected chi connectivity index (χ4v) is 3.67. The van der Waals surface area contributed by atoms with Crippen molar-refractivity contribution in [2.45, 2.75) is 37.4 Å². The van der Waals surface area contributed by atoms with Crippen molar-refractivity contribution >= 4 is 11.8 Å². The lowest BCUT2D eigenvalue weighted by Gasteiger charge is -2.29. The van der Waals surface area contributed by atoms with Gasteiger partial charge in [-0.05, 0) is 37.1 Å². The van der Waals surface area contributed by atoms with Crippen molar-refractivity contribution in [1.82, 2.24) is 0 Å². The Kier molecular flexibility index (Phi) is 4.22. The summed E-state index contributed by atoms with van der Waals surface area (Å²) < 4.78 is 5.97. The van der Waals surface area contributed by atoms with Crippen LogP contribution < -0.4 is 4.74 Å². The predicted octanol–water partition coefficient (Wildman–Crippen LogP) is 3.76. The van der Waals surface area contributed by atoms with Crippen LogP contribution in [0.25, 0.3) is 0 Å². The van der Waals surface area contributed by atoms with E-state index >= 15 is 0 Å². The molecule has 1 N–H and O–H groups in total. The summed E-state index contributed by atoms with van der Waals surface area (Å²) in [6, 6.07) is 14.4. The van der Waals surface area contributed by atoms with Gasteiger partial charge in [0.1, 0.15) is 11.9 Å². The Morgan fingerprint density at radius 3 is 2.90 bits per heavy atom. The number of aryl methyl sites for hydroxylation is 2. The van der Waals surface area contributed by atoms with Crippen LogP contribution >= 0.6 is 11.8 Å². The third kappa shape index (κ3) is 3.25. The molecule has 2 nitrogen and oxygen atoms in total. The lowest BCUT2D eigenvalue weighted by atomic mass is 9.98. The highest BCUT2D eigenvalue weighted by atomic mass is 32.2. The van der Waals surface area contributed by atoms with Crippen LogP contribution in [0.5, 0.6) is 5.75 Å². The average molecular weight is 300 g/mol. The summed E-state index contributed by atoms with van der Waals surface area (Å²) >= 11 is 1.76. The second-order valence-electron chi connectivity index (χ2n) is 5.62. The summed E-state index contributed by atoms with van der Waals surface area (Å²) in [6.45, 7) is 4.17. The number of ether oxygens (including phenoxy) is 1. The number of hydrogen-bond acceptors (Lipinski definition) is 3. The normalized spacial score (nSPS) is 18.7. The van der Waals surface area contributed by atoms with Gasteiger partial charge in [-0.15, -0.1) is 11.8 Å². The highest BCUT2D eigenvalue weighted by Gasteiger charge is 2.27. The summed E-state index contributed by atoms with van der Waals surface area (Å²) in [4.78, 5) is 1.16. The van der Waals surface area contributed by atoms with Crippen LogP contribution in [0.1, 0.15) is 16.7 Å². The first-order valence-corrected chi connectivity index (χ1v) is 8.25. The van der Waals surface area contributed by atoms with Crippen LogP contribution in [0.4, 0.5) is 0 Å². The topological polar surface area (TPSA) is 29.5 Å². The summed E-state index contributed by atoms with van der Waals surface area (Å²) in [5.74, 6) is 1.68. The van der Waals surface area contributed by atoms with Gasteiger partial charge in [-0.25, -0.2) is 0 Å². The van der Waals surface area contributed by atoms with Gasteiger partial charge in [0.05, 0.1) is 6.10 Å². The van der Waals surface area contributed by atoms with Gasteiger partial charge in [0.15, 0.2) is 0 Å². The van der Waals surface area contributed by atoms with E-state index in [1.807, 2.05) is 18.2 Å². The first-order chi connectivity index (χ1) is 10.1. The van der Waals surface area contributed by atoms with Crippen LogP contribution in [0.3, 0.4) is 0 Å². The minimum Gasteiger partial charge on any atom is -0.486 e. The van der Waals surface area contributed by atoms with Crippen LogP contribution in [-0.2, 0) is 6.42 Å². The Balaban J connectivity index is 1.72. The molecule has 0 aromatic heterocycles. The molecule has 0 radical (unpaired) electrons. The van der Waals surface area contributed by atoms with Gasteiger partial charge >= 0.3 is 0 Å². The van der Waals surface area contributed by atoms with Crippen LogP contribution in [0, 0.1) is 13.8 Å². The molecule has 0 saturated carbocycles. The van der Waals surface area contributed by atoms with Gasteiger partial charge in [-0.3, -0.25) is 0 Å². The zero-order chi connectivity index (χ0) is 14.8. The molecule has 3 rings (SSSR count). The number of rotatable bonds is 3. The molecule has 2 atom stereocenters. The van der Waals surface area contributed by atoms with E-state index in [9.17, 15) is 5.11 Å². The zero-order valence-corrected chi connectivity index (χ0v) is 13.2. The number of benzene rings is 2. The fraction of sp³-hybridized carbons (Fsp3) is 0.333. The second-order valence-corrected chi connectivity index (χ2v) is 6.68. The Labute approximate surface area is 130 Å². The minimum atomic E-state index is -0.480. The zero-order valence-electron chi connectivity index (χ0n) is 12.4. The molecule has 3 heteroatoms. The average Bonchev–Trinajstić information content (AvgIpc) is 2.50. The number of para-hydroxylation sites is 1. The predicted molar refractivity (Wildman–Crippen MR) is 87.2 cm³/mol. The Morgan fingerprint density at radius 2 is 2.05 bits per heavy atom. The van der Waals surface area contributed by atoms with E-state index in [2.05, 4.69) is 38.1 Å². The minimum absolute atomic E-state index is 0.148. The molecule has 2 aromatic rings. The van der Waals surface area contributed by atoms with Crippen molar-refractivity contribution in [3.8, 4) is 5.75 Å². The molecule has 21 heavy (non-hydrogen) atoms. The Hall–Kier alpha value is -1.45. The van der Waals surface area contributed by atoms with E-state index in [0.717, 1.165) is 16.4 Å². The van der Waals surface area contributed by atoms with E-state index in [1.165, 1.54) is 16.7 Å². The van der Waals surface area contributed by atoms with Crippen LogP contribution in [-0.4, -0.2) is 23.1 Å². The number of fused-ring (bicyclic) bond motifs is 1. The summed E-state index contributed by atoms with van der Waals surface area (Å²) in [6.07, 6.45) is 0.0112. The van der Waals surface area contributed by atoms with Crippen LogP contribution in [0.2, 0.25) is 0 Å². The number of aliphatic hydroxyl groups excluding tert-OH is 1. The molecule has 1 aliphatic heterocycles. The van der Waals surface area contributed by atoms with E-state index in [4.69, 9.17) is 4.74 Å². The third-order valence-electron chi connectivity index (χ3n) is 3.89. The largest absolute Gasteiger partial charge is 0.486 e. The van der Waals surface area contributed by atoms with Gasteiger partial charge < -0.3 is 9.84 Å². The summed E-state index contributed by atoms with van der Waals surface area (Å²) in [7, 11) is 0. The van der Waals surface area contributed by atoms with Crippen molar-refractivity contribution < 1.29 is 9.84 Å². The van der Waals surface area contributed by atoms with Crippen LogP contribution in [0.15, 0.2) is 47.4 Å². The molecule has 0 bridgehead atoms. The maximum absolute atomic E-state index is 10.5. The third-order valence-corrected chi connectivity index (χ3v) is 5.04. The van der Waals surface area contributed by atoms with Crippen molar-refractivity contribution in [1.29, 1.82) is 0 Å². The Bertz CT molecular complexity index is 639. The summed E-state index contributed by atoms with van der Waals surface area (Å²) in [5, 5.41) is 10.5. The van der Waals surface area contributed by atoms with E-state index < -0.39 is 6.10 Å². The molecule has 0 aliphatic carbocycles. The lowest BCUT2D eigenvalue weighted by molar-refractivity contribution is 0.0467. The summed E-state index contributed by atoms with van der Waals surface area (Å²) in [5.41, 5.74) is 3.66. The highest BCUT2D eigenvalue weighted by Crippen LogP contribution is 2.36. The van der Waals surface area contributed by atoms with E-state index in [0.29, 0.717) is 6.42 Å². The quantitative estimate of drug-likeness (QED) is 0.936. The maximum Gasteiger partial charge on any atom is 0.134 e. The fourth-order valence-electron chi connectivity index (χ4n) is 2.60. The molecule has 1 heterocycles. The molecule has 2 aromatic carbocycles. The maximum atomic E-state index is 10.5. The van der Waals surface area contributed by atoms with E-state index in [-0.39, 0.29) is 6.10 Å². The molecular weight excluding hydrogens is 280 g/mol. The highest BCUT2D eigenvalue weighted by molar-refractivity contribution is 7.99. The van der Waals surface area contributed by atoms with Crippen molar-refractivity contribution in [3.63, 3.8) is 0 Å². The Morgan fingerprint density at radius 1 is 1.24 bits per heavy atom. The van der Waals surface area contributed by atoms with Gasteiger partial charge in [0, 0.05) is 17.1 Å². The SMILES string of the molecule is Cc1ccc(C)c(CC(O)C2CSc3ccccc3O2)c1. The van der Waals surface area contributed by atoms with Gasteiger partial charge in [0.25, 0.3) is 0 Å². The van der Waals surface area contributed by atoms with Gasteiger partial charge in [-0.2, -0.15) is 0 Å². The molecular formula is C18H20O2S. The van der Waals surface area contributed by atoms with Gasteiger partial charge in [-0.1, -0.05) is 35.9 Å². The van der Waals surface area contributed by atoms with E-state index in [1.54, 1.807) is 11.8 Å². The van der Waals surface area contributed by atoms with Crippen molar-refractivity contribution in [2.24, 2.45) is 0 Å². The molecule has 1 aliphatic rings. The lowest BCUT2D eigenvalue weighted by Crippen LogP contribution is -2.37. The first-order valence-electron chi connectivity index (χ1n) is 7.26. The standard InChI is InChI=1S/C18H20O2S/c1-12-7-8-13(2)14(9-12)10-15(19)17-11-21-18-6-4-3-5-16(18)20-17/h3-9,15,17,19H,10-11H2,1-2H3. The van der Waals surface area contributed by atoms with Crippen molar-refractivity contribution in [3.05, 3.63) is 59.2 Å². The molecule has 2 unspecified atom stereocenters. The monoisotopic (exact) mass is 300 g/mol. The number of hydrogen-bond donors (Lipinski definition) is 1. The molecule has 0 amide bonds. The van der Waals surface area contributed by atoms with Gasteiger partial charge in [0.2, 0.25) is 0 Å². The molecule has 0 fully saturated rings. The molecule has 0 saturated heterocycles. The second kappa shape index (κ2) is 6.12. The molecule has 110 valence electrons. The first kappa shape index (κ1) is 14.5. The molecule has 0 spiro atoms. The smallest absolute Gasteiger partial charge is 0.134 e. The van der Waals surface area contributed by atoms with Crippen molar-refractivity contribution in [2.75, 3.05) is 5.75 Å². The number of aliphatic hydroxyl groups is 1. The number of thioether (sulfide) groups is 1.